The van der Waals surface area contributed by atoms with E-state index in [0.717, 1.165) is 12.3 Å². The molecule has 0 aromatic heterocycles. The number of carboxylic acid groups (broad SMARTS) is 2. The first-order valence-electron chi connectivity index (χ1n) is 2.40. The van der Waals surface area contributed by atoms with Gasteiger partial charge in [0.25, 0.3) is 0 Å². The first kappa shape index (κ1) is 12.0. The maximum absolute atomic E-state index is 10.0. The van der Waals surface area contributed by atoms with Crippen molar-refractivity contribution in [3.63, 3.8) is 0 Å². The molecule has 0 heterocycles. The Morgan fingerprint density at radius 2 is 1.64 bits per heavy atom. The molecule has 62 valence electrons. The Morgan fingerprint density at radius 3 is 1.73 bits per heavy atom. The van der Waals surface area contributed by atoms with Gasteiger partial charge in [0.05, 0.1) is 6.26 Å². The number of rotatable bonds is 2. The predicted molar refractivity (Wildman–Crippen MR) is 37.1 cm³/mol. The lowest BCUT2D eigenvalue weighted by atomic mass is 10.7. The van der Waals surface area contributed by atoms with Crippen molar-refractivity contribution in [1.29, 1.82) is 0 Å². The zero-order chi connectivity index (χ0) is 9.28. The van der Waals surface area contributed by atoms with Crippen LogP contribution in [0.4, 0.5) is 4.79 Å². The van der Waals surface area contributed by atoms with Gasteiger partial charge in [-0.15, -0.1) is 0 Å². The van der Waals surface area contributed by atoms with E-state index < -0.39 is 12.1 Å². The van der Waals surface area contributed by atoms with E-state index in [1.165, 1.54) is 0 Å². The predicted octanol–water partition coefficient (Wildman–Crippen LogP) is 1.08. The first-order chi connectivity index (χ1) is 5.04. The zero-order valence-corrected chi connectivity index (χ0v) is 5.69. The summed E-state index contributed by atoms with van der Waals surface area (Å²) in [6.07, 6.45) is 0.297. The smallest absolute Gasteiger partial charge is 0.450 e. The summed E-state index contributed by atoms with van der Waals surface area (Å²) in [5, 5.41) is 13.9. The molecule has 0 aromatic rings. The standard InChI is InChI=1S/C5H6O2.CH2O3/c1-3-5(6)7-4-2;2-1(3)4/h3-4H,1-2H2;(H2,2,3,4). The number of hydrogen-bond donors (Lipinski definition) is 2. The van der Waals surface area contributed by atoms with Crippen LogP contribution in [0.5, 0.6) is 0 Å². The van der Waals surface area contributed by atoms with Crippen LogP contribution in [0, 0.1) is 0 Å². The molecule has 5 heteroatoms. The van der Waals surface area contributed by atoms with E-state index in [-0.39, 0.29) is 0 Å². The SMILES string of the molecule is C=COC(=O)C=C.O=C(O)O. The van der Waals surface area contributed by atoms with Crippen LogP contribution in [0.3, 0.4) is 0 Å². The maximum atomic E-state index is 10.0. The summed E-state index contributed by atoms with van der Waals surface area (Å²) < 4.78 is 4.20. The zero-order valence-electron chi connectivity index (χ0n) is 5.69. The van der Waals surface area contributed by atoms with Crippen LogP contribution in [0.25, 0.3) is 0 Å². The van der Waals surface area contributed by atoms with E-state index in [1.807, 2.05) is 0 Å². The average molecular weight is 160 g/mol. The fraction of sp³-hybridized carbons (Fsp3) is 0. The fourth-order valence-electron chi connectivity index (χ4n) is 0.130. The fourth-order valence-corrected chi connectivity index (χ4v) is 0.130. The Hall–Kier alpha value is -1.78. The molecule has 0 amide bonds. The van der Waals surface area contributed by atoms with Crippen molar-refractivity contribution in [1.82, 2.24) is 0 Å². The molecule has 0 atom stereocenters. The van der Waals surface area contributed by atoms with Gasteiger partial charge in [-0.05, 0) is 0 Å². The maximum Gasteiger partial charge on any atom is 0.503 e. The first-order valence-corrected chi connectivity index (χ1v) is 2.40. The van der Waals surface area contributed by atoms with Crippen molar-refractivity contribution in [2.75, 3.05) is 0 Å². The minimum Gasteiger partial charge on any atom is -0.450 e. The molecule has 0 radical (unpaired) electrons. The van der Waals surface area contributed by atoms with Crippen LogP contribution in [0.2, 0.25) is 0 Å². The van der Waals surface area contributed by atoms with Crippen molar-refractivity contribution in [3.8, 4) is 0 Å². The second-order valence-corrected chi connectivity index (χ2v) is 1.09. The van der Waals surface area contributed by atoms with Gasteiger partial charge in [-0.3, -0.25) is 0 Å². The highest BCUT2D eigenvalue weighted by molar-refractivity contribution is 5.81. The van der Waals surface area contributed by atoms with Crippen LogP contribution >= 0.6 is 0 Å². The molecule has 0 bridgehead atoms. The number of hydrogen-bond acceptors (Lipinski definition) is 3. The van der Waals surface area contributed by atoms with Crippen LogP contribution < -0.4 is 0 Å². The van der Waals surface area contributed by atoms with E-state index >= 15 is 0 Å². The monoisotopic (exact) mass is 160 g/mol. The van der Waals surface area contributed by atoms with Gasteiger partial charge < -0.3 is 14.9 Å². The lowest BCUT2D eigenvalue weighted by molar-refractivity contribution is -0.132. The summed E-state index contributed by atoms with van der Waals surface area (Å²) in [7, 11) is 0. The van der Waals surface area contributed by atoms with Crippen molar-refractivity contribution in [2.24, 2.45) is 0 Å². The van der Waals surface area contributed by atoms with E-state index in [9.17, 15) is 4.79 Å². The molecule has 0 aliphatic rings. The molecule has 0 unspecified atom stereocenters. The molecule has 0 saturated heterocycles. The molecule has 0 saturated carbocycles. The quantitative estimate of drug-likeness (QED) is 0.358. The second-order valence-electron chi connectivity index (χ2n) is 1.09. The van der Waals surface area contributed by atoms with Crippen molar-refractivity contribution in [2.45, 2.75) is 0 Å². The molecule has 5 nitrogen and oxygen atoms in total. The molecule has 0 rings (SSSR count). The number of esters is 1. The molecule has 0 aliphatic carbocycles. The second kappa shape index (κ2) is 8.22. The minimum absolute atomic E-state index is 0.477. The number of carbonyl (C=O) groups is 2. The summed E-state index contributed by atoms with van der Waals surface area (Å²) in [6, 6.07) is 0. The third-order valence-corrected chi connectivity index (χ3v) is 0.366. The molecular formula is C6H8O5. The van der Waals surface area contributed by atoms with Crippen LogP contribution in [-0.2, 0) is 9.53 Å². The molecule has 0 spiro atoms. The molecule has 2 N–H and O–H groups in total. The van der Waals surface area contributed by atoms with E-state index in [0.29, 0.717) is 0 Å². The Balaban J connectivity index is 0. The number of carbonyl (C=O) groups excluding carboxylic acids is 1. The summed E-state index contributed by atoms with van der Waals surface area (Å²) in [5.41, 5.74) is 0. The average Bonchev–Trinajstić information content (AvgIpc) is 1.87. The van der Waals surface area contributed by atoms with E-state index in [4.69, 9.17) is 15.0 Å². The Labute approximate surface area is 63.2 Å². The van der Waals surface area contributed by atoms with Gasteiger partial charge in [0.2, 0.25) is 0 Å². The Kier molecular flexibility index (Phi) is 8.93. The number of ether oxygens (including phenoxy) is 1. The van der Waals surface area contributed by atoms with Gasteiger partial charge in [-0.2, -0.15) is 0 Å². The lowest BCUT2D eigenvalue weighted by Gasteiger charge is -1.85. The van der Waals surface area contributed by atoms with Gasteiger partial charge in [0.15, 0.2) is 0 Å². The summed E-state index contributed by atoms with van der Waals surface area (Å²) in [4.78, 5) is 18.6. The van der Waals surface area contributed by atoms with E-state index in [1.54, 1.807) is 0 Å². The van der Waals surface area contributed by atoms with Gasteiger partial charge in [-0.1, -0.05) is 13.2 Å². The van der Waals surface area contributed by atoms with Crippen LogP contribution in [0.1, 0.15) is 0 Å². The third-order valence-electron chi connectivity index (χ3n) is 0.366. The largest absolute Gasteiger partial charge is 0.503 e. The molecule has 0 aromatic carbocycles. The van der Waals surface area contributed by atoms with Crippen molar-refractivity contribution >= 4 is 12.1 Å². The van der Waals surface area contributed by atoms with Gasteiger partial charge in [0, 0.05) is 6.08 Å². The summed E-state index contributed by atoms with van der Waals surface area (Å²) in [6.45, 7) is 6.31. The van der Waals surface area contributed by atoms with Gasteiger partial charge in [0.1, 0.15) is 0 Å². The van der Waals surface area contributed by atoms with Crippen molar-refractivity contribution in [3.05, 3.63) is 25.5 Å². The lowest BCUT2D eigenvalue weighted by Crippen LogP contribution is -1.90. The van der Waals surface area contributed by atoms with Gasteiger partial charge in [-0.25, -0.2) is 9.59 Å². The minimum atomic E-state index is -1.83. The third kappa shape index (κ3) is 30.7. The highest BCUT2D eigenvalue weighted by Crippen LogP contribution is 1.75. The molecule has 0 fully saturated rings. The highest BCUT2D eigenvalue weighted by Gasteiger charge is 1.84. The van der Waals surface area contributed by atoms with Crippen LogP contribution in [-0.4, -0.2) is 22.3 Å². The summed E-state index contributed by atoms with van der Waals surface area (Å²) in [5.74, 6) is -0.477. The van der Waals surface area contributed by atoms with Crippen LogP contribution in [0.15, 0.2) is 25.5 Å². The summed E-state index contributed by atoms with van der Waals surface area (Å²) >= 11 is 0. The van der Waals surface area contributed by atoms with Gasteiger partial charge >= 0.3 is 12.1 Å². The van der Waals surface area contributed by atoms with E-state index in [2.05, 4.69) is 17.9 Å². The topological polar surface area (TPSA) is 83.8 Å². The van der Waals surface area contributed by atoms with Crippen molar-refractivity contribution < 1.29 is 24.5 Å². The normalized spacial score (nSPS) is 6.55. The highest BCUT2D eigenvalue weighted by atomic mass is 16.6. The molecule has 11 heavy (non-hydrogen) atoms. The Bertz CT molecular complexity index is 156. The Morgan fingerprint density at radius 1 is 1.27 bits per heavy atom. The molecule has 0 aliphatic heterocycles. The molecular weight excluding hydrogens is 152 g/mol.